The number of carbonyl (C=O) groups excluding carboxylic acids is 1. The van der Waals surface area contributed by atoms with Crippen molar-refractivity contribution in [3.8, 4) is 0 Å². The SMILES string of the molecule is O=Cc1cc([N+](=O)[O-])c2c([N+](=O)[O-])c([N+](=O)[O-])ccc2c1. The number of rotatable bonds is 4. The number of benzene rings is 2. The van der Waals surface area contributed by atoms with E-state index in [9.17, 15) is 35.1 Å². The average molecular weight is 291 g/mol. The van der Waals surface area contributed by atoms with Gasteiger partial charge in [-0.15, -0.1) is 0 Å². The molecule has 0 aliphatic rings. The number of hydrogen-bond donors (Lipinski definition) is 0. The van der Waals surface area contributed by atoms with Crippen molar-refractivity contribution in [2.75, 3.05) is 0 Å². The molecule has 0 saturated heterocycles. The van der Waals surface area contributed by atoms with E-state index in [4.69, 9.17) is 0 Å². The summed E-state index contributed by atoms with van der Waals surface area (Å²) in [5.41, 5.74) is -2.61. The second-order valence-electron chi connectivity index (χ2n) is 3.96. The molecule has 2 rings (SSSR count). The van der Waals surface area contributed by atoms with Gasteiger partial charge in [-0.25, -0.2) is 0 Å². The van der Waals surface area contributed by atoms with Crippen molar-refractivity contribution in [3.63, 3.8) is 0 Å². The highest BCUT2D eigenvalue weighted by atomic mass is 16.6. The molecule has 0 fully saturated rings. The molecule has 10 heteroatoms. The van der Waals surface area contributed by atoms with Crippen LogP contribution in [0.3, 0.4) is 0 Å². The maximum atomic E-state index is 11.1. The van der Waals surface area contributed by atoms with Crippen molar-refractivity contribution in [1.29, 1.82) is 0 Å². The van der Waals surface area contributed by atoms with Gasteiger partial charge in [-0.05, 0) is 17.5 Å². The fraction of sp³-hybridized carbons (Fsp3) is 0. The number of carbonyl (C=O) groups is 1. The first kappa shape index (κ1) is 14.0. The Balaban J connectivity index is 3.06. The number of nitro benzene ring substituents is 3. The lowest BCUT2D eigenvalue weighted by atomic mass is 10.0. The lowest BCUT2D eigenvalue weighted by Gasteiger charge is -2.03. The van der Waals surface area contributed by atoms with Crippen LogP contribution in [0.4, 0.5) is 17.1 Å². The number of non-ortho nitro benzene ring substituents is 1. The van der Waals surface area contributed by atoms with Crippen LogP contribution in [0.5, 0.6) is 0 Å². The van der Waals surface area contributed by atoms with E-state index in [1.54, 1.807) is 0 Å². The van der Waals surface area contributed by atoms with Crippen LogP contribution in [-0.2, 0) is 0 Å². The summed E-state index contributed by atoms with van der Waals surface area (Å²) in [7, 11) is 0. The quantitative estimate of drug-likeness (QED) is 0.477. The third-order valence-electron chi connectivity index (χ3n) is 2.78. The molecule has 0 radical (unpaired) electrons. The van der Waals surface area contributed by atoms with Crippen LogP contribution < -0.4 is 0 Å². The maximum Gasteiger partial charge on any atom is 0.360 e. The van der Waals surface area contributed by atoms with Gasteiger partial charge in [0.15, 0.2) is 0 Å². The maximum absolute atomic E-state index is 11.1. The highest BCUT2D eigenvalue weighted by Gasteiger charge is 2.32. The van der Waals surface area contributed by atoms with E-state index in [-0.39, 0.29) is 10.9 Å². The van der Waals surface area contributed by atoms with E-state index >= 15 is 0 Å². The Labute approximate surface area is 115 Å². The van der Waals surface area contributed by atoms with Gasteiger partial charge in [-0.1, -0.05) is 0 Å². The van der Waals surface area contributed by atoms with Crippen molar-refractivity contribution >= 4 is 34.1 Å². The molecule has 21 heavy (non-hydrogen) atoms. The molecule has 0 spiro atoms. The standard InChI is InChI=1S/C11H5N3O7/c15-5-6-3-7-1-2-8(12(16)17)11(14(20)21)10(7)9(4-6)13(18)19/h1-5H. The van der Waals surface area contributed by atoms with Gasteiger partial charge in [0, 0.05) is 17.7 Å². The number of aldehydes is 1. The topological polar surface area (TPSA) is 146 Å². The monoisotopic (exact) mass is 291 g/mol. The average Bonchev–Trinajstić information content (AvgIpc) is 2.43. The summed E-state index contributed by atoms with van der Waals surface area (Å²) >= 11 is 0. The van der Waals surface area contributed by atoms with Crippen LogP contribution in [-0.4, -0.2) is 21.1 Å². The van der Waals surface area contributed by atoms with Gasteiger partial charge < -0.3 is 0 Å². The normalized spacial score (nSPS) is 10.3. The summed E-state index contributed by atoms with van der Waals surface area (Å²) in [6.07, 6.45) is 0.347. The zero-order valence-corrected chi connectivity index (χ0v) is 10.1. The Kier molecular flexibility index (Phi) is 3.28. The molecule has 0 aromatic heterocycles. The molecule has 2 aromatic carbocycles. The summed E-state index contributed by atoms with van der Waals surface area (Å²) in [5.74, 6) is 0. The number of hydrogen-bond acceptors (Lipinski definition) is 7. The summed E-state index contributed by atoms with van der Waals surface area (Å²) in [4.78, 5) is 40.8. The Morgan fingerprint density at radius 2 is 1.48 bits per heavy atom. The fourth-order valence-electron chi connectivity index (χ4n) is 1.98. The minimum absolute atomic E-state index is 0.00333. The molecule has 0 aliphatic carbocycles. The predicted octanol–water partition coefficient (Wildman–Crippen LogP) is 2.38. The van der Waals surface area contributed by atoms with Gasteiger partial charge in [-0.3, -0.25) is 35.1 Å². The highest BCUT2D eigenvalue weighted by molar-refractivity contribution is 6.03. The molecule has 106 valence electrons. The second kappa shape index (κ2) is 4.92. The molecule has 0 saturated carbocycles. The zero-order valence-electron chi connectivity index (χ0n) is 10.1. The molecule has 0 atom stereocenters. The smallest absolute Gasteiger partial charge is 0.298 e. The number of fused-ring (bicyclic) bond motifs is 1. The summed E-state index contributed by atoms with van der Waals surface area (Å²) in [6.45, 7) is 0. The van der Waals surface area contributed by atoms with Crippen molar-refractivity contribution in [2.24, 2.45) is 0 Å². The molecule has 0 unspecified atom stereocenters. The van der Waals surface area contributed by atoms with E-state index in [0.717, 1.165) is 18.2 Å². The molecule has 0 heterocycles. The number of nitro groups is 3. The van der Waals surface area contributed by atoms with Gasteiger partial charge in [0.05, 0.1) is 14.8 Å². The summed E-state index contributed by atoms with van der Waals surface area (Å²) < 4.78 is 0. The van der Waals surface area contributed by atoms with E-state index in [1.165, 1.54) is 6.07 Å². The zero-order chi connectivity index (χ0) is 15.7. The lowest BCUT2D eigenvalue weighted by molar-refractivity contribution is -0.422. The first-order valence-electron chi connectivity index (χ1n) is 5.36. The van der Waals surface area contributed by atoms with Crippen molar-refractivity contribution < 1.29 is 19.6 Å². The molecular weight excluding hydrogens is 286 g/mol. The van der Waals surface area contributed by atoms with Crippen LogP contribution in [0.1, 0.15) is 10.4 Å². The van der Waals surface area contributed by atoms with Crippen LogP contribution >= 0.6 is 0 Å². The number of nitrogens with zero attached hydrogens (tertiary/aromatic N) is 3. The van der Waals surface area contributed by atoms with Crippen molar-refractivity contribution in [2.45, 2.75) is 0 Å². The van der Waals surface area contributed by atoms with Gasteiger partial charge in [0.2, 0.25) is 0 Å². The van der Waals surface area contributed by atoms with E-state index in [0.29, 0.717) is 6.29 Å². The molecule has 10 nitrogen and oxygen atoms in total. The Morgan fingerprint density at radius 1 is 0.857 bits per heavy atom. The lowest BCUT2D eigenvalue weighted by Crippen LogP contribution is -2.00. The molecule has 2 aromatic rings. The summed E-state index contributed by atoms with van der Waals surface area (Å²) in [6, 6.07) is 4.03. The summed E-state index contributed by atoms with van der Waals surface area (Å²) in [5, 5.41) is 32.5. The Bertz CT molecular complexity index is 815. The first-order chi connectivity index (χ1) is 9.86. The largest absolute Gasteiger partial charge is 0.360 e. The van der Waals surface area contributed by atoms with Crippen LogP contribution in [0, 0.1) is 30.3 Å². The van der Waals surface area contributed by atoms with Crippen LogP contribution in [0.25, 0.3) is 10.8 Å². The third-order valence-corrected chi connectivity index (χ3v) is 2.78. The van der Waals surface area contributed by atoms with Crippen molar-refractivity contribution in [1.82, 2.24) is 0 Å². The molecular formula is C11H5N3O7. The van der Waals surface area contributed by atoms with Crippen molar-refractivity contribution in [3.05, 3.63) is 60.2 Å². The van der Waals surface area contributed by atoms with Gasteiger partial charge in [-0.2, -0.15) is 0 Å². The van der Waals surface area contributed by atoms with Gasteiger partial charge >= 0.3 is 11.4 Å². The van der Waals surface area contributed by atoms with Gasteiger partial charge in [0.1, 0.15) is 11.7 Å². The molecule has 0 amide bonds. The van der Waals surface area contributed by atoms with Crippen LogP contribution in [0.2, 0.25) is 0 Å². The Morgan fingerprint density at radius 3 is 1.95 bits per heavy atom. The predicted molar refractivity (Wildman–Crippen MR) is 69.3 cm³/mol. The molecule has 0 bridgehead atoms. The molecule has 0 N–H and O–H groups in total. The Hall–Kier alpha value is -3.43. The first-order valence-corrected chi connectivity index (χ1v) is 5.36. The highest BCUT2D eigenvalue weighted by Crippen LogP contribution is 2.40. The second-order valence-corrected chi connectivity index (χ2v) is 3.96. The fourth-order valence-corrected chi connectivity index (χ4v) is 1.98. The molecule has 0 aliphatic heterocycles. The van der Waals surface area contributed by atoms with Crippen LogP contribution in [0.15, 0.2) is 24.3 Å². The van der Waals surface area contributed by atoms with E-state index in [1.807, 2.05) is 0 Å². The third kappa shape index (κ3) is 2.25. The van der Waals surface area contributed by atoms with E-state index in [2.05, 4.69) is 0 Å². The van der Waals surface area contributed by atoms with Gasteiger partial charge in [0.25, 0.3) is 5.69 Å². The minimum atomic E-state index is -1.05. The van der Waals surface area contributed by atoms with E-state index < -0.39 is 37.2 Å². The minimum Gasteiger partial charge on any atom is -0.298 e.